The van der Waals surface area contributed by atoms with Crippen LogP contribution in [0, 0.1) is 0 Å². The molecule has 2 nitrogen and oxygen atoms in total. The Hall–Kier alpha value is 1.02. The van der Waals surface area contributed by atoms with Crippen LogP contribution in [-0.2, 0) is 25.3 Å². The number of nitrogens with one attached hydrogen (secondary N) is 2. The van der Waals surface area contributed by atoms with Crippen LogP contribution in [0.25, 0.3) is 0 Å². The Kier molecular flexibility index (Phi) is 23.0. The minimum absolute atomic E-state index is 0.149. The molecular formula is C22H42N2S4Sn. The Bertz CT molecular complexity index is 362. The van der Waals surface area contributed by atoms with E-state index in [9.17, 15) is 0 Å². The van der Waals surface area contributed by atoms with E-state index in [4.69, 9.17) is 49.7 Å². The monoisotopic (exact) mass is 582 g/mol. The van der Waals surface area contributed by atoms with Gasteiger partial charge in [0.15, 0.2) is 0 Å². The Morgan fingerprint density at radius 2 is 1.07 bits per heavy atom. The second-order valence-electron chi connectivity index (χ2n) is 7.99. The average Bonchev–Trinajstić information content (AvgIpc) is 2.70. The van der Waals surface area contributed by atoms with Gasteiger partial charge in [0.05, 0.1) is 0 Å². The van der Waals surface area contributed by atoms with Gasteiger partial charge < -0.3 is 60.3 Å². The summed E-state index contributed by atoms with van der Waals surface area (Å²) in [7, 11) is 0. The van der Waals surface area contributed by atoms with E-state index in [0.717, 1.165) is 0 Å². The molecule has 168 valence electrons. The SMILES string of the molecule is CCC[CH2][Sn+2][CH2]CCC.S=C([S-])NC1CCCCC1.S=C([S-])NC1CCCCC1. The summed E-state index contributed by atoms with van der Waals surface area (Å²) in [4.78, 5) is 0. The predicted octanol–water partition coefficient (Wildman–Crippen LogP) is 6.61. The summed E-state index contributed by atoms with van der Waals surface area (Å²) >= 11 is 19.3. The molecule has 0 atom stereocenters. The molecule has 0 aromatic heterocycles. The van der Waals surface area contributed by atoms with Crippen molar-refractivity contribution in [3.63, 3.8) is 0 Å². The van der Waals surface area contributed by atoms with Crippen molar-refractivity contribution in [2.75, 3.05) is 0 Å². The van der Waals surface area contributed by atoms with Crippen LogP contribution in [0.3, 0.4) is 0 Å². The average molecular weight is 582 g/mol. The van der Waals surface area contributed by atoms with E-state index >= 15 is 0 Å². The molecule has 0 aromatic rings. The summed E-state index contributed by atoms with van der Waals surface area (Å²) in [5, 5.41) is 6.26. The van der Waals surface area contributed by atoms with Gasteiger partial charge in [0.25, 0.3) is 0 Å². The zero-order valence-electron chi connectivity index (χ0n) is 18.6. The van der Waals surface area contributed by atoms with Crippen LogP contribution in [0.1, 0.15) is 104 Å². The van der Waals surface area contributed by atoms with Crippen LogP contribution in [0.15, 0.2) is 0 Å². The molecule has 29 heavy (non-hydrogen) atoms. The molecule has 0 aromatic carbocycles. The van der Waals surface area contributed by atoms with E-state index in [1.165, 1.54) is 89.9 Å². The van der Waals surface area contributed by atoms with Crippen LogP contribution in [0.5, 0.6) is 0 Å². The van der Waals surface area contributed by atoms with Crippen LogP contribution in [0.2, 0.25) is 8.87 Å². The molecule has 2 aliphatic rings. The molecule has 0 aliphatic heterocycles. The molecule has 2 aliphatic carbocycles. The van der Waals surface area contributed by atoms with E-state index in [0.29, 0.717) is 20.7 Å². The molecule has 0 bridgehead atoms. The van der Waals surface area contributed by atoms with E-state index in [-0.39, 0.29) is 21.1 Å². The number of unbranched alkanes of at least 4 members (excludes halogenated alkanes) is 2. The van der Waals surface area contributed by atoms with E-state index in [1.54, 1.807) is 8.87 Å². The van der Waals surface area contributed by atoms with Crippen molar-refractivity contribution in [2.24, 2.45) is 0 Å². The van der Waals surface area contributed by atoms with Crippen LogP contribution < -0.4 is 10.6 Å². The summed E-state index contributed by atoms with van der Waals surface area (Å²) in [6.07, 6.45) is 18.9. The topological polar surface area (TPSA) is 24.1 Å². The molecule has 2 saturated carbocycles. The Balaban J connectivity index is 0.000000407. The normalized spacial score (nSPS) is 16.9. The molecular weight excluding hydrogens is 539 g/mol. The third kappa shape index (κ3) is 22.0. The molecule has 2 rings (SSSR count). The molecule has 2 N–H and O–H groups in total. The fourth-order valence-electron chi connectivity index (χ4n) is 3.56. The molecule has 2 fully saturated rings. The minimum atomic E-state index is 0.149. The smallest absolute Gasteiger partial charge is 0.0246 e. The quantitative estimate of drug-likeness (QED) is 0.145. The summed E-state index contributed by atoms with van der Waals surface area (Å²) in [6.45, 7) is 4.58. The van der Waals surface area contributed by atoms with Crippen LogP contribution in [-0.4, -0.2) is 41.9 Å². The van der Waals surface area contributed by atoms with Crippen molar-refractivity contribution in [3.8, 4) is 0 Å². The Labute approximate surface area is 213 Å². The molecule has 0 spiro atoms. The first-order chi connectivity index (χ1) is 14.0. The fourth-order valence-corrected chi connectivity index (χ4v) is 8.38. The van der Waals surface area contributed by atoms with Crippen molar-refractivity contribution in [1.29, 1.82) is 0 Å². The van der Waals surface area contributed by atoms with Gasteiger partial charge in [0.1, 0.15) is 0 Å². The maximum absolute atomic E-state index is 4.78. The Morgan fingerprint density at radius 1 is 0.724 bits per heavy atom. The maximum atomic E-state index is 4.78. The third-order valence-electron chi connectivity index (χ3n) is 5.27. The van der Waals surface area contributed by atoms with Gasteiger partial charge in [0, 0.05) is 12.1 Å². The van der Waals surface area contributed by atoms with Gasteiger partial charge in [-0.1, -0.05) is 47.2 Å². The second-order valence-corrected chi connectivity index (χ2v) is 14.4. The second kappa shape index (κ2) is 22.2. The zero-order valence-corrected chi connectivity index (χ0v) is 24.7. The van der Waals surface area contributed by atoms with Crippen LogP contribution in [0.4, 0.5) is 0 Å². The molecule has 0 amide bonds. The van der Waals surface area contributed by atoms with Gasteiger partial charge in [-0.25, -0.2) is 0 Å². The number of rotatable bonds is 8. The van der Waals surface area contributed by atoms with E-state index in [1.807, 2.05) is 0 Å². The van der Waals surface area contributed by atoms with Gasteiger partial charge in [-0.2, -0.15) is 0 Å². The number of thiocarbonyl (C=S) groups is 2. The summed E-state index contributed by atoms with van der Waals surface area (Å²) in [6, 6.07) is 1.16. The first-order valence-corrected chi connectivity index (χ1v) is 17.3. The first-order valence-electron chi connectivity index (χ1n) is 11.6. The van der Waals surface area contributed by atoms with Gasteiger partial charge in [0.2, 0.25) is 0 Å². The molecule has 0 radical (unpaired) electrons. The summed E-state index contributed by atoms with van der Waals surface area (Å²) < 4.78 is 4.32. The zero-order chi connectivity index (χ0) is 21.7. The molecule has 0 saturated heterocycles. The molecule has 0 unspecified atom stereocenters. The van der Waals surface area contributed by atoms with E-state index < -0.39 is 0 Å². The van der Waals surface area contributed by atoms with Crippen molar-refractivity contribution in [2.45, 2.75) is 125 Å². The molecule has 0 heterocycles. The van der Waals surface area contributed by atoms with Crippen molar-refractivity contribution < 1.29 is 0 Å². The number of hydrogen-bond acceptors (Lipinski definition) is 4. The molecule has 7 heteroatoms. The van der Waals surface area contributed by atoms with Gasteiger partial charge in [-0.05, 0) is 25.7 Å². The summed E-state index contributed by atoms with van der Waals surface area (Å²) in [5.41, 5.74) is 0. The largest absolute Gasteiger partial charge is 0.412 e. The van der Waals surface area contributed by atoms with E-state index in [2.05, 4.69) is 24.5 Å². The standard InChI is InChI=1S/2C7H13NS2.2C4H9.Sn/c2*9-7(10)8-6-4-2-1-3-5-6;2*1-3-4-2;/h2*6H,1-5H2,(H2,8,9,10);2*1,3-4H2,2H3;/q;;;;+2/p-2. The van der Waals surface area contributed by atoms with Crippen molar-refractivity contribution in [1.82, 2.24) is 10.6 Å². The van der Waals surface area contributed by atoms with Gasteiger partial charge >= 0.3 is 69.5 Å². The third-order valence-corrected chi connectivity index (χ3v) is 9.78. The van der Waals surface area contributed by atoms with Gasteiger partial charge in [-0.15, -0.1) is 0 Å². The van der Waals surface area contributed by atoms with Crippen molar-refractivity contribution >= 4 is 79.5 Å². The maximum Gasteiger partial charge on any atom is 0.0246 e. The predicted molar refractivity (Wildman–Crippen MR) is 145 cm³/mol. The number of hydrogen-bond donors (Lipinski definition) is 2. The first kappa shape index (κ1) is 30.0. The Morgan fingerprint density at radius 3 is 1.34 bits per heavy atom. The van der Waals surface area contributed by atoms with Gasteiger partial charge in [-0.3, -0.25) is 0 Å². The summed E-state index contributed by atoms with van der Waals surface area (Å²) in [5.74, 6) is 0. The van der Waals surface area contributed by atoms with Crippen LogP contribution >= 0.6 is 24.4 Å². The van der Waals surface area contributed by atoms with Crippen molar-refractivity contribution in [3.05, 3.63) is 0 Å². The minimum Gasteiger partial charge on any atom is -0.412 e. The fraction of sp³-hybridized carbons (Fsp3) is 0.909.